The number of thiocarbonyl (C=S) groups is 1. The summed E-state index contributed by atoms with van der Waals surface area (Å²) in [5, 5.41) is 8.51. The Balaban J connectivity index is 3.38. The largest absolute Gasteiger partial charge is 0.389 e. The second-order valence-corrected chi connectivity index (χ2v) is 5.20. The van der Waals surface area contributed by atoms with E-state index in [9.17, 15) is 0 Å². The minimum absolute atomic E-state index is 0.342. The molecule has 0 saturated carbocycles. The van der Waals surface area contributed by atoms with Gasteiger partial charge in [-0.3, -0.25) is 0 Å². The summed E-state index contributed by atoms with van der Waals surface area (Å²) in [7, 11) is 0. The molecule has 0 aliphatic rings. The van der Waals surface area contributed by atoms with Crippen molar-refractivity contribution in [1.82, 2.24) is 10.2 Å². The van der Waals surface area contributed by atoms with E-state index in [4.69, 9.17) is 18.0 Å². The van der Waals surface area contributed by atoms with Crippen LogP contribution in [0.5, 0.6) is 0 Å². The third-order valence-electron chi connectivity index (χ3n) is 3.04. The van der Waals surface area contributed by atoms with Gasteiger partial charge in [0.25, 0.3) is 0 Å². The summed E-state index contributed by atoms with van der Waals surface area (Å²) in [5.74, 6) is 0.808. The highest BCUT2D eigenvalue weighted by molar-refractivity contribution is 7.80. The average Bonchev–Trinajstić information content (AvgIpc) is 2.28. The van der Waals surface area contributed by atoms with Crippen molar-refractivity contribution in [2.45, 2.75) is 47.1 Å². The maximum atomic E-state index is 5.86. The molecule has 0 aromatic carbocycles. The number of aryl methyl sites for hydroxylation is 1. The van der Waals surface area contributed by atoms with Crippen molar-refractivity contribution in [3.05, 3.63) is 16.8 Å². The summed E-state index contributed by atoms with van der Waals surface area (Å²) in [6, 6.07) is 0.342. The van der Waals surface area contributed by atoms with Gasteiger partial charge in [0.05, 0.1) is 11.3 Å². The first-order valence-electron chi connectivity index (χ1n) is 6.30. The molecule has 1 aromatic heterocycles. The number of nitrogens with zero attached hydrogens (tertiary/aromatic N) is 3. The molecule has 1 heterocycles. The summed E-state index contributed by atoms with van der Waals surface area (Å²) >= 11 is 5.17. The molecule has 100 valence electrons. The number of rotatable bonds is 5. The van der Waals surface area contributed by atoms with Crippen LogP contribution in [0.2, 0.25) is 0 Å². The second-order valence-electron chi connectivity index (χ2n) is 4.76. The van der Waals surface area contributed by atoms with Gasteiger partial charge in [-0.25, -0.2) is 0 Å². The van der Waals surface area contributed by atoms with Gasteiger partial charge in [-0.15, -0.1) is 5.10 Å². The SMILES string of the molecule is CCCN(c1nnc(C)c(C)c1C(N)=S)C(C)C. The fraction of sp³-hybridized carbons (Fsp3) is 0.615. The van der Waals surface area contributed by atoms with Gasteiger partial charge in [0, 0.05) is 12.6 Å². The van der Waals surface area contributed by atoms with Crippen molar-refractivity contribution >= 4 is 23.0 Å². The Hall–Kier alpha value is -1.23. The zero-order chi connectivity index (χ0) is 13.9. The Morgan fingerprint density at radius 3 is 2.39 bits per heavy atom. The van der Waals surface area contributed by atoms with Gasteiger partial charge in [0.2, 0.25) is 0 Å². The van der Waals surface area contributed by atoms with E-state index >= 15 is 0 Å². The van der Waals surface area contributed by atoms with Crippen LogP contribution >= 0.6 is 12.2 Å². The Labute approximate surface area is 115 Å². The molecule has 0 bridgehead atoms. The maximum absolute atomic E-state index is 5.86. The van der Waals surface area contributed by atoms with E-state index in [0.29, 0.717) is 11.0 Å². The van der Waals surface area contributed by atoms with Crippen LogP contribution in [0.15, 0.2) is 0 Å². The van der Waals surface area contributed by atoms with Gasteiger partial charge in [-0.2, -0.15) is 5.10 Å². The molecule has 0 aliphatic carbocycles. The van der Waals surface area contributed by atoms with Gasteiger partial charge >= 0.3 is 0 Å². The molecule has 18 heavy (non-hydrogen) atoms. The van der Waals surface area contributed by atoms with E-state index in [2.05, 4.69) is 35.9 Å². The minimum atomic E-state index is 0.342. The maximum Gasteiger partial charge on any atom is 0.162 e. The van der Waals surface area contributed by atoms with E-state index in [1.54, 1.807) is 0 Å². The molecule has 0 saturated heterocycles. The third-order valence-corrected chi connectivity index (χ3v) is 3.25. The first kappa shape index (κ1) is 14.8. The molecule has 4 nitrogen and oxygen atoms in total. The molecule has 5 heteroatoms. The second kappa shape index (κ2) is 6.09. The summed E-state index contributed by atoms with van der Waals surface area (Å²) in [4.78, 5) is 2.59. The van der Waals surface area contributed by atoms with Gasteiger partial charge in [0.15, 0.2) is 5.82 Å². The van der Waals surface area contributed by atoms with Crippen LogP contribution in [-0.2, 0) is 0 Å². The molecule has 0 aliphatic heterocycles. The number of nitrogens with two attached hydrogens (primary N) is 1. The van der Waals surface area contributed by atoms with E-state index in [1.165, 1.54) is 0 Å². The summed E-state index contributed by atoms with van der Waals surface area (Å²) in [5.41, 5.74) is 8.62. The lowest BCUT2D eigenvalue weighted by Gasteiger charge is -2.29. The molecule has 0 fully saturated rings. The number of hydrogen-bond donors (Lipinski definition) is 1. The topological polar surface area (TPSA) is 55.0 Å². The molecular weight excluding hydrogens is 244 g/mol. The molecule has 1 rings (SSSR count). The van der Waals surface area contributed by atoms with Crippen molar-refractivity contribution in [2.24, 2.45) is 5.73 Å². The van der Waals surface area contributed by atoms with Crippen molar-refractivity contribution < 1.29 is 0 Å². The van der Waals surface area contributed by atoms with Crippen molar-refractivity contribution in [2.75, 3.05) is 11.4 Å². The molecule has 0 atom stereocenters. The monoisotopic (exact) mass is 266 g/mol. The third kappa shape index (κ3) is 2.96. The van der Waals surface area contributed by atoms with Crippen molar-refractivity contribution in [3.8, 4) is 0 Å². The first-order chi connectivity index (χ1) is 8.40. The van der Waals surface area contributed by atoms with Crippen LogP contribution in [0.4, 0.5) is 5.82 Å². The van der Waals surface area contributed by atoms with E-state index in [0.717, 1.165) is 35.6 Å². The molecule has 2 N–H and O–H groups in total. The Kier molecular flexibility index (Phi) is 5.02. The lowest BCUT2D eigenvalue weighted by Crippen LogP contribution is -2.35. The molecule has 0 amide bonds. The highest BCUT2D eigenvalue weighted by atomic mass is 32.1. The van der Waals surface area contributed by atoms with Crippen molar-refractivity contribution in [1.29, 1.82) is 0 Å². The summed E-state index contributed by atoms with van der Waals surface area (Å²) in [6.45, 7) is 11.3. The Bertz CT molecular complexity index is 443. The predicted molar refractivity (Wildman–Crippen MR) is 80.2 cm³/mol. The standard InChI is InChI=1S/C13H22N4S/c1-6-7-17(8(2)3)13-11(12(14)18)9(4)10(5)15-16-13/h8H,6-7H2,1-5H3,(H2,14,18). The van der Waals surface area contributed by atoms with Crippen molar-refractivity contribution in [3.63, 3.8) is 0 Å². The average molecular weight is 266 g/mol. The first-order valence-corrected chi connectivity index (χ1v) is 6.71. The highest BCUT2D eigenvalue weighted by Crippen LogP contribution is 2.24. The normalized spacial score (nSPS) is 10.8. The van der Waals surface area contributed by atoms with E-state index in [1.807, 2.05) is 13.8 Å². The van der Waals surface area contributed by atoms with E-state index in [-0.39, 0.29) is 0 Å². The van der Waals surface area contributed by atoms with Gasteiger partial charge in [0.1, 0.15) is 4.99 Å². The van der Waals surface area contributed by atoms with E-state index < -0.39 is 0 Å². The van der Waals surface area contributed by atoms with Gasteiger partial charge in [-0.05, 0) is 39.7 Å². The molecule has 0 spiro atoms. The quantitative estimate of drug-likeness (QED) is 0.829. The zero-order valence-electron chi connectivity index (χ0n) is 11.8. The van der Waals surface area contributed by atoms with Gasteiger partial charge in [-0.1, -0.05) is 19.1 Å². The Morgan fingerprint density at radius 1 is 1.33 bits per heavy atom. The van der Waals surface area contributed by atoms with Crippen LogP contribution < -0.4 is 10.6 Å². The van der Waals surface area contributed by atoms with Gasteiger partial charge < -0.3 is 10.6 Å². The molecular formula is C13H22N4S. The smallest absolute Gasteiger partial charge is 0.162 e. The van der Waals surface area contributed by atoms with Crippen LogP contribution in [0.25, 0.3) is 0 Å². The lowest BCUT2D eigenvalue weighted by molar-refractivity contribution is 0.654. The number of aromatic nitrogens is 2. The highest BCUT2D eigenvalue weighted by Gasteiger charge is 2.20. The Morgan fingerprint density at radius 2 is 1.94 bits per heavy atom. The molecule has 0 radical (unpaired) electrons. The van der Waals surface area contributed by atoms with Crippen LogP contribution in [0, 0.1) is 13.8 Å². The fourth-order valence-electron chi connectivity index (χ4n) is 1.94. The number of hydrogen-bond acceptors (Lipinski definition) is 4. The molecule has 0 unspecified atom stereocenters. The molecule has 1 aromatic rings. The lowest BCUT2D eigenvalue weighted by atomic mass is 10.1. The zero-order valence-corrected chi connectivity index (χ0v) is 12.6. The van der Waals surface area contributed by atoms with Crippen LogP contribution in [0.1, 0.15) is 44.0 Å². The minimum Gasteiger partial charge on any atom is -0.389 e. The van der Waals surface area contributed by atoms with Crippen LogP contribution in [-0.4, -0.2) is 27.8 Å². The summed E-state index contributed by atoms with van der Waals surface area (Å²) in [6.07, 6.45) is 1.05. The summed E-state index contributed by atoms with van der Waals surface area (Å²) < 4.78 is 0. The fourth-order valence-corrected chi connectivity index (χ4v) is 2.19. The van der Waals surface area contributed by atoms with Crippen LogP contribution in [0.3, 0.4) is 0 Å². The number of anilines is 1. The predicted octanol–water partition coefficient (Wildman–Crippen LogP) is 2.35.